The first-order valence-corrected chi connectivity index (χ1v) is 17.6. The molecule has 0 amide bonds. The minimum absolute atomic E-state index is 0.0419. The van der Waals surface area contributed by atoms with E-state index < -0.39 is 0 Å². The lowest BCUT2D eigenvalue weighted by Gasteiger charge is -2.36. The molecule has 11 rings (SSSR count). The molecule has 0 atom stereocenters. The van der Waals surface area contributed by atoms with Gasteiger partial charge in [-0.1, -0.05) is 91.0 Å². The topological polar surface area (TPSA) is 48.1 Å². The van der Waals surface area contributed by atoms with Crippen molar-refractivity contribution in [3.05, 3.63) is 181 Å². The summed E-state index contributed by atoms with van der Waals surface area (Å²) in [5.74, 6) is 0.468. The van der Waals surface area contributed by atoms with E-state index in [0.717, 1.165) is 40.3 Å². The van der Waals surface area contributed by atoms with Gasteiger partial charge in [-0.05, 0) is 88.9 Å². The Morgan fingerprint density at radius 2 is 1.15 bits per heavy atom. The second kappa shape index (κ2) is 11.3. The molecule has 0 radical (unpaired) electrons. The van der Waals surface area contributed by atoms with Crippen LogP contribution in [-0.4, -0.2) is 18.2 Å². The zero-order valence-electron chi connectivity index (χ0n) is 28.1. The maximum Gasteiger partial charge on any atom is 0.421 e. The summed E-state index contributed by atoms with van der Waals surface area (Å²) in [5, 5.41) is 0. The summed E-state index contributed by atoms with van der Waals surface area (Å²) >= 11 is 0. The molecular weight excluding hydrogens is 637 g/mol. The van der Waals surface area contributed by atoms with Gasteiger partial charge in [-0.2, -0.15) is 0 Å². The molecule has 0 spiro atoms. The van der Waals surface area contributed by atoms with Crippen molar-refractivity contribution in [1.29, 1.82) is 0 Å². The first-order chi connectivity index (χ1) is 25.8. The molecule has 3 aliphatic heterocycles. The first kappa shape index (κ1) is 28.9. The summed E-state index contributed by atoms with van der Waals surface area (Å²) in [6.07, 6.45) is 2.64. The van der Waals surface area contributed by atoms with E-state index in [2.05, 4.69) is 160 Å². The molecule has 0 fully saturated rings. The van der Waals surface area contributed by atoms with Crippen LogP contribution in [-0.2, 0) is 6.42 Å². The minimum atomic E-state index is -0.0419. The van der Waals surface area contributed by atoms with Crippen molar-refractivity contribution in [2.24, 2.45) is 4.99 Å². The lowest BCUT2D eigenvalue weighted by atomic mass is 9.59. The Kier molecular flexibility index (Phi) is 6.31. The summed E-state index contributed by atoms with van der Waals surface area (Å²) in [4.78, 5) is 16.7. The van der Waals surface area contributed by atoms with Crippen LogP contribution in [0.2, 0.25) is 0 Å². The molecule has 244 valence electrons. The van der Waals surface area contributed by atoms with Crippen LogP contribution in [0.4, 0.5) is 45.5 Å². The van der Waals surface area contributed by atoms with Gasteiger partial charge >= 0.3 is 6.98 Å². The highest BCUT2D eigenvalue weighted by Gasteiger charge is 2.47. The van der Waals surface area contributed by atoms with Crippen molar-refractivity contribution in [2.45, 2.75) is 6.42 Å². The highest BCUT2D eigenvalue weighted by atomic mass is 16.3. The number of para-hydroxylation sites is 5. The Labute approximate surface area is 301 Å². The standard InChI is InChI=1S/C45H30BN5O/c1-6-16-39-30(11-1)27-31-12-2-7-17-40(31)49(39)33-23-21-32(22-24-33)47-29-45-48-38-26-25-34(28-44(38)52-45)50-42-19-9-10-20-43(42)51-41-18-8-4-14-36(41)35-13-3-5-15-37(35)46(50)51/h1-26,28-29H,27H2. The fourth-order valence-electron chi connectivity index (χ4n) is 8.27. The smallest absolute Gasteiger partial charge is 0.421 e. The second-order valence-electron chi connectivity index (χ2n) is 13.5. The summed E-state index contributed by atoms with van der Waals surface area (Å²) < 4.78 is 6.33. The molecule has 6 nitrogen and oxygen atoms in total. The van der Waals surface area contributed by atoms with Gasteiger partial charge in [0.25, 0.3) is 0 Å². The number of aliphatic imine (C=N–C) groups is 1. The summed E-state index contributed by atoms with van der Waals surface area (Å²) in [7, 11) is 0. The maximum absolute atomic E-state index is 6.33. The molecule has 0 bridgehead atoms. The number of fused-ring (bicyclic) bond motifs is 11. The van der Waals surface area contributed by atoms with Crippen LogP contribution < -0.4 is 20.0 Å². The highest BCUT2D eigenvalue weighted by molar-refractivity contribution is 6.86. The Bertz CT molecular complexity index is 2670. The maximum atomic E-state index is 6.33. The SMILES string of the molecule is C(=Nc1ccc(N2c3ccccc3Cc3ccccc32)cc1)c1nc2ccc(N3B4c5ccccc5-c5ccccc5N4c4ccccc43)cc2o1. The van der Waals surface area contributed by atoms with Gasteiger partial charge < -0.3 is 18.9 Å². The van der Waals surface area contributed by atoms with Gasteiger partial charge in [0.05, 0.1) is 23.3 Å². The second-order valence-corrected chi connectivity index (χ2v) is 13.5. The van der Waals surface area contributed by atoms with Crippen molar-refractivity contribution in [1.82, 2.24) is 4.98 Å². The number of nitrogens with zero attached hydrogens (tertiary/aromatic N) is 5. The van der Waals surface area contributed by atoms with Gasteiger partial charge in [-0.25, -0.2) is 4.98 Å². The Hall–Kier alpha value is -6.86. The fourth-order valence-corrected chi connectivity index (χ4v) is 8.27. The van der Waals surface area contributed by atoms with E-state index in [0.29, 0.717) is 5.89 Å². The van der Waals surface area contributed by atoms with Crippen molar-refractivity contribution in [3.63, 3.8) is 0 Å². The van der Waals surface area contributed by atoms with E-state index in [9.17, 15) is 0 Å². The van der Waals surface area contributed by atoms with Crippen LogP contribution in [0.1, 0.15) is 17.0 Å². The predicted octanol–water partition coefficient (Wildman–Crippen LogP) is 10.6. The minimum Gasteiger partial charge on any atom is -0.435 e. The lowest BCUT2D eigenvalue weighted by Crippen LogP contribution is -2.55. The zero-order chi connectivity index (χ0) is 34.2. The van der Waals surface area contributed by atoms with Gasteiger partial charge in [0.2, 0.25) is 5.89 Å². The average molecular weight is 668 g/mol. The molecule has 0 aliphatic carbocycles. The van der Waals surface area contributed by atoms with Gasteiger partial charge in [0, 0.05) is 46.5 Å². The van der Waals surface area contributed by atoms with E-state index >= 15 is 0 Å². The third-order valence-corrected chi connectivity index (χ3v) is 10.5. The molecule has 8 aromatic rings. The molecule has 4 heterocycles. The predicted molar refractivity (Wildman–Crippen MR) is 213 cm³/mol. The van der Waals surface area contributed by atoms with E-state index in [1.165, 1.54) is 50.5 Å². The van der Waals surface area contributed by atoms with Crippen LogP contribution in [0.3, 0.4) is 0 Å². The molecule has 1 aromatic heterocycles. The molecule has 0 N–H and O–H groups in total. The Morgan fingerprint density at radius 3 is 1.90 bits per heavy atom. The summed E-state index contributed by atoms with van der Waals surface area (Å²) in [6.45, 7) is -0.0419. The Balaban J connectivity index is 0.916. The molecule has 0 saturated heterocycles. The van der Waals surface area contributed by atoms with Crippen LogP contribution in [0.15, 0.2) is 173 Å². The van der Waals surface area contributed by atoms with Gasteiger partial charge in [-0.15, -0.1) is 0 Å². The van der Waals surface area contributed by atoms with Crippen molar-refractivity contribution in [2.75, 3.05) is 14.5 Å². The number of aromatic nitrogens is 1. The zero-order valence-corrected chi connectivity index (χ0v) is 28.1. The highest BCUT2D eigenvalue weighted by Crippen LogP contribution is 2.51. The fraction of sp³-hybridized carbons (Fsp3) is 0.0222. The lowest BCUT2D eigenvalue weighted by molar-refractivity contribution is 0.593. The van der Waals surface area contributed by atoms with Crippen LogP contribution >= 0.6 is 0 Å². The number of anilines is 7. The monoisotopic (exact) mass is 667 g/mol. The summed E-state index contributed by atoms with van der Waals surface area (Å²) in [5.41, 5.74) is 16.9. The largest absolute Gasteiger partial charge is 0.435 e. The molecule has 3 aliphatic rings. The van der Waals surface area contributed by atoms with Crippen LogP contribution in [0.25, 0.3) is 22.2 Å². The average Bonchev–Trinajstić information content (AvgIpc) is 3.78. The van der Waals surface area contributed by atoms with Crippen LogP contribution in [0.5, 0.6) is 0 Å². The number of oxazole rings is 1. The molecule has 7 heteroatoms. The third kappa shape index (κ3) is 4.39. The van der Waals surface area contributed by atoms with Crippen molar-refractivity contribution < 1.29 is 4.42 Å². The van der Waals surface area contributed by atoms with Gasteiger partial charge in [0.1, 0.15) is 5.52 Å². The quantitative estimate of drug-likeness (QED) is 0.138. The first-order valence-electron chi connectivity index (χ1n) is 17.6. The van der Waals surface area contributed by atoms with E-state index in [1.54, 1.807) is 6.21 Å². The van der Waals surface area contributed by atoms with E-state index in [4.69, 9.17) is 14.4 Å². The number of hydrogen-bond acceptors (Lipinski definition) is 6. The third-order valence-electron chi connectivity index (χ3n) is 10.5. The van der Waals surface area contributed by atoms with E-state index in [-0.39, 0.29) is 6.98 Å². The van der Waals surface area contributed by atoms with E-state index in [1.807, 2.05) is 18.2 Å². The molecule has 52 heavy (non-hydrogen) atoms. The normalized spacial score (nSPS) is 13.8. The van der Waals surface area contributed by atoms with Crippen molar-refractivity contribution >= 4 is 75.3 Å². The summed E-state index contributed by atoms with van der Waals surface area (Å²) in [6, 6.07) is 58.0. The van der Waals surface area contributed by atoms with Crippen molar-refractivity contribution in [3.8, 4) is 11.1 Å². The number of benzene rings is 7. The number of hydrogen-bond donors (Lipinski definition) is 0. The molecule has 0 saturated carbocycles. The van der Waals surface area contributed by atoms with Gasteiger partial charge in [0.15, 0.2) is 5.58 Å². The molecule has 0 unspecified atom stereocenters. The van der Waals surface area contributed by atoms with Gasteiger partial charge in [-0.3, -0.25) is 4.99 Å². The van der Waals surface area contributed by atoms with Crippen LogP contribution in [0, 0.1) is 0 Å². The molecular formula is C45H30BN5O. The Morgan fingerprint density at radius 1 is 0.558 bits per heavy atom. The number of rotatable bonds is 4. The molecule has 7 aromatic carbocycles.